The number of nitrogens with zero attached hydrogens (tertiary/aromatic N) is 2. The van der Waals surface area contributed by atoms with Crippen molar-refractivity contribution >= 4 is 51.9 Å². The smallest absolute Gasteiger partial charge is 0.326 e. The first-order chi connectivity index (χ1) is 10.9. The van der Waals surface area contributed by atoms with Crippen molar-refractivity contribution in [1.82, 2.24) is 4.90 Å². The number of esters is 1. The van der Waals surface area contributed by atoms with Gasteiger partial charge in [-0.25, -0.2) is 0 Å². The first kappa shape index (κ1) is 17.1. The van der Waals surface area contributed by atoms with E-state index in [4.69, 9.17) is 17.0 Å². The highest BCUT2D eigenvalue weighted by Gasteiger charge is 2.34. The van der Waals surface area contributed by atoms with Crippen molar-refractivity contribution in [1.29, 1.82) is 0 Å². The van der Waals surface area contributed by atoms with E-state index < -0.39 is 16.8 Å². The number of benzene rings is 1. The predicted octanol–water partition coefficient (Wildman–Crippen LogP) is 2.36. The molecule has 2 rings (SSSR count). The first-order valence-corrected chi connectivity index (χ1v) is 7.81. The Bertz CT molecular complexity index is 717. The molecule has 7 nitrogen and oxygen atoms in total. The van der Waals surface area contributed by atoms with Gasteiger partial charge in [-0.1, -0.05) is 36.1 Å². The van der Waals surface area contributed by atoms with E-state index >= 15 is 0 Å². The molecule has 0 unspecified atom stereocenters. The van der Waals surface area contributed by atoms with Crippen LogP contribution >= 0.6 is 24.0 Å². The SMILES string of the molecule is CCOC(=O)CN1C(=O)C(=Cc2ccccc2[N+](=O)[O-])SC1=S. The van der Waals surface area contributed by atoms with Gasteiger partial charge in [0.1, 0.15) is 10.9 Å². The number of ether oxygens (including phenoxy) is 1. The molecule has 9 heteroatoms. The summed E-state index contributed by atoms with van der Waals surface area (Å²) in [5.41, 5.74) is 0.192. The minimum atomic E-state index is -0.559. The average molecular weight is 352 g/mol. The highest BCUT2D eigenvalue weighted by Crippen LogP contribution is 2.34. The Morgan fingerprint density at radius 2 is 2.17 bits per heavy atom. The monoisotopic (exact) mass is 352 g/mol. The van der Waals surface area contributed by atoms with Crippen LogP contribution in [0.15, 0.2) is 29.2 Å². The van der Waals surface area contributed by atoms with Gasteiger partial charge in [-0.05, 0) is 19.1 Å². The third-order valence-corrected chi connectivity index (χ3v) is 4.26. The summed E-state index contributed by atoms with van der Waals surface area (Å²) < 4.78 is 5.01. The fraction of sp³-hybridized carbons (Fsp3) is 0.214. The number of amides is 1. The maximum atomic E-state index is 12.3. The van der Waals surface area contributed by atoms with Crippen LogP contribution in [-0.4, -0.2) is 39.2 Å². The average Bonchev–Trinajstić information content (AvgIpc) is 2.75. The van der Waals surface area contributed by atoms with E-state index in [-0.39, 0.29) is 28.1 Å². The van der Waals surface area contributed by atoms with Crippen molar-refractivity contribution in [3.05, 3.63) is 44.8 Å². The molecule has 0 atom stereocenters. The maximum absolute atomic E-state index is 12.3. The number of carbonyl (C=O) groups is 2. The largest absolute Gasteiger partial charge is 0.465 e. The van der Waals surface area contributed by atoms with E-state index in [2.05, 4.69) is 0 Å². The third kappa shape index (κ3) is 3.93. The molecule has 1 aliphatic heterocycles. The number of para-hydroxylation sites is 1. The van der Waals surface area contributed by atoms with Gasteiger partial charge in [-0.3, -0.25) is 24.6 Å². The zero-order chi connectivity index (χ0) is 17.0. The minimum absolute atomic E-state index is 0.108. The topological polar surface area (TPSA) is 89.8 Å². The van der Waals surface area contributed by atoms with E-state index in [1.54, 1.807) is 19.1 Å². The number of thiocarbonyl (C=S) groups is 1. The van der Waals surface area contributed by atoms with Gasteiger partial charge in [0.15, 0.2) is 0 Å². The molecule has 1 aromatic rings. The fourth-order valence-corrected chi connectivity index (χ4v) is 3.14. The van der Waals surface area contributed by atoms with Crippen molar-refractivity contribution in [3.63, 3.8) is 0 Å². The Hall–Kier alpha value is -2.26. The number of carbonyl (C=O) groups excluding carboxylic acids is 2. The normalized spacial score (nSPS) is 16.0. The van der Waals surface area contributed by atoms with E-state index in [9.17, 15) is 19.7 Å². The highest BCUT2D eigenvalue weighted by molar-refractivity contribution is 8.26. The van der Waals surface area contributed by atoms with Gasteiger partial charge in [0.2, 0.25) is 0 Å². The number of hydrogen-bond acceptors (Lipinski definition) is 7. The Morgan fingerprint density at radius 3 is 2.83 bits per heavy atom. The second-order valence-electron chi connectivity index (χ2n) is 4.39. The standard InChI is InChI=1S/C14H12N2O5S2/c1-2-21-12(17)8-15-13(18)11(23-14(15)22)7-9-5-3-4-6-10(9)16(19)20/h3-7H,2,8H2,1H3. The summed E-state index contributed by atoms with van der Waals surface area (Å²) in [5.74, 6) is -1.03. The number of rotatable bonds is 5. The fourth-order valence-electron chi connectivity index (χ4n) is 1.89. The van der Waals surface area contributed by atoms with Crippen LogP contribution in [0.4, 0.5) is 5.69 Å². The third-order valence-electron chi connectivity index (χ3n) is 2.89. The Balaban J connectivity index is 2.26. The summed E-state index contributed by atoms with van der Waals surface area (Å²) in [5, 5.41) is 11.0. The van der Waals surface area contributed by atoms with Crippen molar-refractivity contribution in [2.24, 2.45) is 0 Å². The van der Waals surface area contributed by atoms with Crippen molar-refractivity contribution in [2.75, 3.05) is 13.2 Å². The van der Waals surface area contributed by atoms with Crippen LogP contribution in [0.2, 0.25) is 0 Å². The lowest BCUT2D eigenvalue weighted by Crippen LogP contribution is -2.34. The molecule has 120 valence electrons. The molecule has 0 saturated carbocycles. The number of nitro groups is 1. The van der Waals surface area contributed by atoms with Gasteiger partial charge in [0, 0.05) is 6.07 Å². The van der Waals surface area contributed by atoms with Crippen molar-refractivity contribution in [2.45, 2.75) is 6.92 Å². The van der Waals surface area contributed by atoms with Crippen molar-refractivity contribution in [3.8, 4) is 0 Å². The van der Waals surface area contributed by atoms with Crippen LogP contribution in [-0.2, 0) is 14.3 Å². The van der Waals surface area contributed by atoms with E-state index in [0.29, 0.717) is 5.56 Å². The second kappa shape index (κ2) is 7.34. The number of nitro benzene ring substituents is 1. The van der Waals surface area contributed by atoms with Crippen molar-refractivity contribution < 1.29 is 19.2 Å². The number of thioether (sulfide) groups is 1. The molecule has 1 amide bonds. The number of hydrogen-bond donors (Lipinski definition) is 0. The summed E-state index contributed by atoms with van der Waals surface area (Å²) in [6.45, 7) is 1.60. The Labute approximate surface area is 141 Å². The van der Waals surface area contributed by atoms with Crippen LogP contribution in [0.3, 0.4) is 0 Å². The molecule has 0 spiro atoms. The summed E-state index contributed by atoms with van der Waals surface area (Å²) >= 11 is 6.08. The van der Waals surface area contributed by atoms with E-state index in [1.807, 2.05) is 0 Å². The summed E-state index contributed by atoms with van der Waals surface area (Å²) in [7, 11) is 0. The molecule has 23 heavy (non-hydrogen) atoms. The summed E-state index contributed by atoms with van der Waals surface area (Å²) in [6.07, 6.45) is 1.41. The molecule has 0 radical (unpaired) electrons. The zero-order valence-corrected chi connectivity index (χ0v) is 13.7. The van der Waals surface area contributed by atoms with E-state index in [0.717, 1.165) is 16.7 Å². The molecule has 1 saturated heterocycles. The highest BCUT2D eigenvalue weighted by atomic mass is 32.2. The van der Waals surface area contributed by atoms with Crippen LogP contribution in [0.5, 0.6) is 0 Å². The van der Waals surface area contributed by atoms with Crippen LogP contribution in [0, 0.1) is 10.1 Å². The molecule has 1 aromatic carbocycles. The van der Waals surface area contributed by atoms with Crippen LogP contribution in [0.1, 0.15) is 12.5 Å². The molecule has 0 aromatic heterocycles. The maximum Gasteiger partial charge on any atom is 0.326 e. The van der Waals surface area contributed by atoms with Gasteiger partial charge in [0.05, 0.1) is 22.0 Å². The molecule has 0 bridgehead atoms. The van der Waals surface area contributed by atoms with Gasteiger partial charge in [-0.15, -0.1) is 0 Å². The quantitative estimate of drug-likeness (QED) is 0.264. The lowest BCUT2D eigenvalue weighted by atomic mass is 10.1. The van der Waals surface area contributed by atoms with E-state index in [1.165, 1.54) is 18.2 Å². The van der Waals surface area contributed by atoms with Crippen LogP contribution < -0.4 is 0 Å². The summed E-state index contributed by atoms with van der Waals surface area (Å²) in [6, 6.07) is 6.07. The lowest BCUT2D eigenvalue weighted by Gasteiger charge is -2.12. The first-order valence-electron chi connectivity index (χ1n) is 6.58. The Morgan fingerprint density at radius 1 is 1.48 bits per heavy atom. The van der Waals surface area contributed by atoms with Gasteiger partial charge < -0.3 is 4.74 Å². The molecule has 1 heterocycles. The zero-order valence-electron chi connectivity index (χ0n) is 12.1. The second-order valence-corrected chi connectivity index (χ2v) is 6.06. The van der Waals surface area contributed by atoms with Gasteiger partial charge in [-0.2, -0.15) is 0 Å². The molecular formula is C14H12N2O5S2. The molecule has 1 fully saturated rings. The molecule has 0 N–H and O–H groups in total. The minimum Gasteiger partial charge on any atom is -0.465 e. The van der Waals surface area contributed by atoms with Gasteiger partial charge >= 0.3 is 5.97 Å². The molecule has 1 aliphatic rings. The predicted molar refractivity (Wildman–Crippen MR) is 89.6 cm³/mol. The molecule has 0 aliphatic carbocycles. The lowest BCUT2D eigenvalue weighted by molar-refractivity contribution is -0.385. The molecular weight excluding hydrogens is 340 g/mol. The summed E-state index contributed by atoms with van der Waals surface area (Å²) in [4.78, 5) is 35.7. The van der Waals surface area contributed by atoms with Gasteiger partial charge in [0.25, 0.3) is 11.6 Å². The van der Waals surface area contributed by atoms with Crippen LogP contribution in [0.25, 0.3) is 6.08 Å². The Kier molecular flexibility index (Phi) is 5.45.